The van der Waals surface area contributed by atoms with Crippen LogP contribution in [0.4, 0.5) is 24.8 Å². The van der Waals surface area contributed by atoms with Crippen LogP contribution in [-0.2, 0) is 11.8 Å². The summed E-state index contributed by atoms with van der Waals surface area (Å²) in [5, 5.41) is 12.2. The molecule has 1 N–H and O–H groups in total. The molecule has 37 heavy (non-hydrogen) atoms. The van der Waals surface area contributed by atoms with E-state index in [1.807, 2.05) is 6.92 Å². The fourth-order valence-electron chi connectivity index (χ4n) is 3.91. The highest BCUT2D eigenvalue weighted by Gasteiger charge is 2.31. The normalized spacial score (nSPS) is 11.5. The van der Waals surface area contributed by atoms with Crippen LogP contribution >= 0.6 is 0 Å². The number of carbonyl (C=O) groups excluding carboxylic acids is 1. The molecular formula is C24H24F3N7O3. The lowest BCUT2D eigenvalue weighted by Crippen LogP contribution is -2.16. The third-order valence-corrected chi connectivity index (χ3v) is 5.53. The molecule has 0 aliphatic heterocycles. The highest BCUT2D eigenvalue weighted by Crippen LogP contribution is 2.31. The summed E-state index contributed by atoms with van der Waals surface area (Å²) in [5.74, 6) is 0.741. The van der Waals surface area contributed by atoms with E-state index >= 15 is 0 Å². The van der Waals surface area contributed by atoms with Crippen LogP contribution in [0.2, 0.25) is 0 Å². The number of carbonyl (C=O) groups is 1. The number of halogens is 3. The summed E-state index contributed by atoms with van der Waals surface area (Å²) >= 11 is 0. The first-order chi connectivity index (χ1) is 17.5. The van der Waals surface area contributed by atoms with Crippen molar-refractivity contribution in [2.75, 3.05) is 11.9 Å². The van der Waals surface area contributed by atoms with Crippen molar-refractivity contribution in [2.24, 2.45) is 7.05 Å². The molecule has 0 unspecified atom stereocenters. The van der Waals surface area contributed by atoms with Gasteiger partial charge in [0, 0.05) is 24.2 Å². The average molecular weight is 515 g/mol. The van der Waals surface area contributed by atoms with Crippen molar-refractivity contribution in [2.45, 2.75) is 34.1 Å². The van der Waals surface area contributed by atoms with Crippen LogP contribution in [0.1, 0.15) is 34.2 Å². The molecule has 0 amide bonds. The Morgan fingerprint density at radius 2 is 1.78 bits per heavy atom. The van der Waals surface area contributed by atoms with Crippen LogP contribution in [0.5, 0.6) is 5.75 Å². The van der Waals surface area contributed by atoms with E-state index in [4.69, 9.17) is 4.74 Å². The number of aromatic nitrogens is 6. The van der Waals surface area contributed by atoms with E-state index in [2.05, 4.69) is 30.2 Å². The van der Waals surface area contributed by atoms with Crippen molar-refractivity contribution < 1.29 is 27.4 Å². The first kappa shape index (κ1) is 25.7. The molecule has 0 fully saturated rings. The van der Waals surface area contributed by atoms with Crippen molar-refractivity contribution in [3.8, 4) is 22.8 Å². The third kappa shape index (κ3) is 5.39. The van der Waals surface area contributed by atoms with E-state index in [-0.39, 0.29) is 12.4 Å². The summed E-state index contributed by atoms with van der Waals surface area (Å²) in [6, 6.07) is 7.16. The molecule has 1 aromatic carbocycles. The van der Waals surface area contributed by atoms with Crippen LogP contribution in [-0.4, -0.2) is 48.5 Å². The van der Waals surface area contributed by atoms with Gasteiger partial charge in [-0.1, -0.05) is 0 Å². The second-order valence-corrected chi connectivity index (χ2v) is 8.08. The van der Waals surface area contributed by atoms with E-state index in [1.165, 1.54) is 30.6 Å². The number of aryl methyl sites for hydroxylation is 2. The van der Waals surface area contributed by atoms with Gasteiger partial charge in [-0.15, -0.1) is 13.2 Å². The molecule has 0 saturated heterocycles. The molecule has 0 atom stereocenters. The second kappa shape index (κ2) is 9.91. The summed E-state index contributed by atoms with van der Waals surface area (Å²) in [6.07, 6.45) is -3.39. The van der Waals surface area contributed by atoms with Gasteiger partial charge in [-0.05, 0) is 52.0 Å². The number of rotatable bonds is 7. The molecule has 194 valence electrons. The number of benzene rings is 1. The first-order valence-corrected chi connectivity index (χ1v) is 11.2. The van der Waals surface area contributed by atoms with Crippen molar-refractivity contribution >= 4 is 17.6 Å². The zero-order valence-electron chi connectivity index (χ0n) is 20.7. The van der Waals surface area contributed by atoms with Gasteiger partial charge in [0.05, 0.1) is 23.7 Å². The zero-order chi connectivity index (χ0) is 26.9. The molecule has 0 saturated carbocycles. The standard InChI is InChI=1S/C24H24F3N7O3/c1-6-36-23(35)20-14(3)31-34(15(20)4)19-11-18(28-12-29-19)30-22-13(2)21(32-33(22)5)16-7-9-17(10-8-16)37-24(25,26)27/h7-12H,6H2,1-5H3,(H,28,29,30). The molecule has 0 spiro atoms. The lowest BCUT2D eigenvalue weighted by Gasteiger charge is -2.10. The lowest BCUT2D eigenvalue weighted by atomic mass is 10.1. The monoisotopic (exact) mass is 515 g/mol. The van der Waals surface area contributed by atoms with Crippen LogP contribution in [0.15, 0.2) is 36.7 Å². The Kier molecular flexibility index (Phi) is 6.88. The van der Waals surface area contributed by atoms with Crippen molar-refractivity contribution in [1.82, 2.24) is 29.5 Å². The van der Waals surface area contributed by atoms with E-state index in [1.54, 1.807) is 43.2 Å². The van der Waals surface area contributed by atoms with E-state index in [0.717, 1.165) is 5.56 Å². The number of nitrogens with zero attached hydrogens (tertiary/aromatic N) is 6. The quantitative estimate of drug-likeness (QED) is 0.350. The fraction of sp³-hybridized carbons (Fsp3) is 0.292. The molecule has 3 heterocycles. The third-order valence-electron chi connectivity index (χ3n) is 5.53. The van der Waals surface area contributed by atoms with Crippen LogP contribution in [0.3, 0.4) is 0 Å². The summed E-state index contributed by atoms with van der Waals surface area (Å²) < 4.78 is 49.6. The van der Waals surface area contributed by atoms with Gasteiger partial charge in [0.15, 0.2) is 5.82 Å². The largest absolute Gasteiger partial charge is 0.573 e. The van der Waals surface area contributed by atoms with Gasteiger partial charge in [0.1, 0.15) is 29.3 Å². The molecule has 13 heteroatoms. The molecule has 3 aromatic heterocycles. The Balaban J connectivity index is 1.61. The topological polar surface area (TPSA) is 109 Å². The Hall–Kier alpha value is -4.42. The second-order valence-electron chi connectivity index (χ2n) is 8.08. The Labute approximate surface area is 210 Å². The number of alkyl halides is 3. The van der Waals surface area contributed by atoms with Gasteiger partial charge in [-0.2, -0.15) is 10.2 Å². The summed E-state index contributed by atoms with van der Waals surface area (Å²) in [6.45, 7) is 7.29. The molecule has 10 nitrogen and oxygen atoms in total. The van der Waals surface area contributed by atoms with Gasteiger partial charge >= 0.3 is 12.3 Å². The van der Waals surface area contributed by atoms with Crippen LogP contribution < -0.4 is 10.1 Å². The van der Waals surface area contributed by atoms with Gasteiger partial charge in [-0.25, -0.2) is 19.4 Å². The number of nitrogens with one attached hydrogen (secondary N) is 1. The maximum atomic E-state index is 12.5. The summed E-state index contributed by atoms with van der Waals surface area (Å²) in [7, 11) is 1.73. The molecule has 0 bridgehead atoms. The van der Waals surface area contributed by atoms with E-state index in [0.29, 0.717) is 45.7 Å². The summed E-state index contributed by atoms with van der Waals surface area (Å²) in [5.41, 5.74) is 3.43. The van der Waals surface area contributed by atoms with Gasteiger partial charge < -0.3 is 14.8 Å². The SMILES string of the molecule is CCOC(=O)c1c(C)nn(-c2cc(Nc3c(C)c(-c4ccc(OC(F)(F)F)cc4)nn3C)ncn2)c1C. The Morgan fingerprint density at radius 1 is 1.08 bits per heavy atom. The number of hydrogen-bond donors (Lipinski definition) is 1. The molecule has 0 aliphatic rings. The molecule has 4 aromatic rings. The predicted molar refractivity (Wildman–Crippen MR) is 128 cm³/mol. The Bertz CT molecular complexity index is 1440. The number of hydrogen-bond acceptors (Lipinski definition) is 8. The average Bonchev–Trinajstić information content (AvgIpc) is 3.28. The minimum atomic E-state index is -4.76. The Morgan fingerprint density at radius 3 is 2.43 bits per heavy atom. The van der Waals surface area contributed by atoms with E-state index < -0.39 is 12.3 Å². The minimum Gasteiger partial charge on any atom is -0.462 e. The zero-order valence-corrected chi connectivity index (χ0v) is 20.7. The highest BCUT2D eigenvalue weighted by atomic mass is 19.4. The first-order valence-electron chi connectivity index (χ1n) is 11.2. The van der Waals surface area contributed by atoms with Gasteiger partial charge in [0.25, 0.3) is 0 Å². The minimum absolute atomic E-state index is 0.252. The van der Waals surface area contributed by atoms with Crippen molar-refractivity contribution in [3.05, 3.63) is 59.2 Å². The summed E-state index contributed by atoms with van der Waals surface area (Å²) in [4.78, 5) is 20.9. The number of anilines is 2. The van der Waals surface area contributed by atoms with Gasteiger partial charge in [0.2, 0.25) is 0 Å². The molecular weight excluding hydrogens is 491 g/mol. The van der Waals surface area contributed by atoms with Gasteiger partial charge in [-0.3, -0.25) is 4.68 Å². The maximum Gasteiger partial charge on any atom is 0.573 e. The predicted octanol–water partition coefficient (Wildman–Crippen LogP) is 4.81. The maximum absolute atomic E-state index is 12.5. The highest BCUT2D eigenvalue weighted by molar-refractivity contribution is 5.92. The number of esters is 1. The van der Waals surface area contributed by atoms with Crippen LogP contribution in [0.25, 0.3) is 17.1 Å². The van der Waals surface area contributed by atoms with Crippen LogP contribution in [0, 0.1) is 20.8 Å². The molecule has 0 radical (unpaired) electrons. The smallest absolute Gasteiger partial charge is 0.462 e. The number of ether oxygens (including phenoxy) is 2. The lowest BCUT2D eigenvalue weighted by molar-refractivity contribution is -0.274. The molecule has 0 aliphatic carbocycles. The fourth-order valence-corrected chi connectivity index (χ4v) is 3.91. The van der Waals surface area contributed by atoms with E-state index in [9.17, 15) is 18.0 Å². The van der Waals surface area contributed by atoms with Crippen molar-refractivity contribution in [3.63, 3.8) is 0 Å². The van der Waals surface area contributed by atoms with Crippen molar-refractivity contribution in [1.29, 1.82) is 0 Å². The molecule has 4 rings (SSSR count).